The molecule has 4 rings (SSSR count). The Hall–Kier alpha value is -2.87. The number of hydrogen-bond acceptors (Lipinski definition) is 6. The van der Waals surface area contributed by atoms with Crippen LogP contribution in [0, 0.1) is 13.8 Å². The molecule has 0 radical (unpaired) electrons. The number of aromatic nitrogens is 5. The number of oxazole rings is 1. The molecule has 3 aromatic heterocycles. The van der Waals surface area contributed by atoms with Crippen LogP contribution in [0.5, 0.6) is 0 Å². The minimum absolute atomic E-state index is 0.239. The molecule has 0 fully saturated rings. The monoisotopic (exact) mass is 367 g/mol. The number of nitrogens with zero attached hydrogens (tertiary/aromatic N) is 4. The van der Waals surface area contributed by atoms with Crippen molar-refractivity contribution < 1.29 is 4.42 Å². The molecule has 0 bridgehead atoms. The van der Waals surface area contributed by atoms with E-state index in [0.29, 0.717) is 28.0 Å². The fourth-order valence-electron chi connectivity index (χ4n) is 2.72. The molecule has 3 heterocycles. The van der Waals surface area contributed by atoms with Gasteiger partial charge in [0, 0.05) is 18.4 Å². The van der Waals surface area contributed by atoms with E-state index < -0.39 is 0 Å². The van der Waals surface area contributed by atoms with Gasteiger partial charge in [0.15, 0.2) is 16.3 Å². The second-order valence-corrected chi connectivity index (χ2v) is 6.98. The predicted octanol–water partition coefficient (Wildman–Crippen LogP) is 3.22. The van der Waals surface area contributed by atoms with Gasteiger partial charge in [-0.25, -0.2) is 15.0 Å². The van der Waals surface area contributed by atoms with Crippen LogP contribution in [0.2, 0.25) is 0 Å². The summed E-state index contributed by atoms with van der Waals surface area (Å²) in [5.41, 5.74) is 3.65. The summed E-state index contributed by atoms with van der Waals surface area (Å²) in [5, 5.41) is 0.712. The summed E-state index contributed by atoms with van der Waals surface area (Å²) in [7, 11) is 1.85. The van der Waals surface area contributed by atoms with Gasteiger partial charge in [0.05, 0.1) is 12.0 Å². The number of rotatable bonds is 4. The number of benzene rings is 1. The zero-order valence-electron chi connectivity index (χ0n) is 14.6. The second-order valence-electron chi connectivity index (χ2n) is 6.04. The van der Waals surface area contributed by atoms with Gasteiger partial charge in [-0.2, -0.15) is 0 Å². The van der Waals surface area contributed by atoms with E-state index in [1.807, 2.05) is 49.7 Å². The molecule has 1 aromatic carbocycles. The molecule has 0 aliphatic carbocycles. The summed E-state index contributed by atoms with van der Waals surface area (Å²) in [6.45, 7) is 3.95. The zero-order valence-corrected chi connectivity index (χ0v) is 15.4. The highest BCUT2D eigenvalue weighted by atomic mass is 32.2. The van der Waals surface area contributed by atoms with Crippen molar-refractivity contribution in [3.63, 3.8) is 0 Å². The predicted molar refractivity (Wildman–Crippen MR) is 100 cm³/mol. The van der Waals surface area contributed by atoms with E-state index in [2.05, 4.69) is 19.9 Å². The van der Waals surface area contributed by atoms with Crippen LogP contribution in [0.3, 0.4) is 0 Å². The smallest absolute Gasteiger partial charge is 0.278 e. The maximum atomic E-state index is 11.9. The topological polar surface area (TPSA) is 89.6 Å². The number of fused-ring (bicyclic) bond motifs is 1. The molecule has 1 N–H and O–H groups in total. The van der Waals surface area contributed by atoms with Crippen LogP contribution in [-0.4, -0.2) is 24.5 Å². The first-order valence-corrected chi connectivity index (χ1v) is 9.08. The van der Waals surface area contributed by atoms with E-state index in [4.69, 9.17) is 4.42 Å². The summed E-state index contributed by atoms with van der Waals surface area (Å²) < 4.78 is 7.65. The third-order valence-electron chi connectivity index (χ3n) is 4.12. The summed E-state index contributed by atoms with van der Waals surface area (Å²) in [5.74, 6) is 1.99. The number of thioether (sulfide) groups is 1. The molecule has 8 heteroatoms. The molecule has 4 aromatic rings. The lowest BCUT2D eigenvalue weighted by molar-refractivity contribution is 0.540. The molecule has 26 heavy (non-hydrogen) atoms. The van der Waals surface area contributed by atoms with Gasteiger partial charge < -0.3 is 14.0 Å². The van der Waals surface area contributed by atoms with E-state index in [1.165, 1.54) is 18.1 Å². The highest BCUT2D eigenvalue weighted by Gasteiger charge is 2.16. The summed E-state index contributed by atoms with van der Waals surface area (Å²) >= 11 is 1.50. The van der Waals surface area contributed by atoms with Gasteiger partial charge in [-0.05, 0) is 26.0 Å². The lowest BCUT2D eigenvalue weighted by atomic mass is 10.1. The molecular formula is C18H17N5O2S. The molecule has 0 aliphatic heterocycles. The minimum atomic E-state index is -0.239. The van der Waals surface area contributed by atoms with E-state index in [1.54, 1.807) is 0 Å². The van der Waals surface area contributed by atoms with Gasteiger partial charge in [-0.1, -0.05) is 29.5 Å². The van der Waals surface area contributed by atoms with Crippen LogP contribution in [0.25, 0.3) is 22.6 Å². The molecule has 0 saturated heterocycles. The third kappa shape index (κ3) is 2.92. The molecule has 0 amide bonds. The Morgan fingerprint density at radius 1 is 1.27 bits per heavy atom. The van der Waals surface area contributed by atoms with Crippen molar-refractivity contribution in [2.45, 2.75) is 24.8 Å². The van der Waals surface area contributed by atoms with Gasteiger partial charge in [0.25, 0.3) is 5.56 Å². The summed E-state index contributed by atoms with van der Waals surface area (Å²) in [4.78, 5) is 27.6. The van der Waals surface area contributed by atoms with Gasteiger partial charge in [-0.3, -0.25) is 4.79 Å². The summed E-state index contributed by atoms with van der Waals surface area (Å²) in [6.07, 6.45) is 1.39. The van der Waals surface area contributed by atoms with Crippen LogP contribution in [-0.2, 0) is 12.8 Å². The van der Waals surface area contributed by atoms with Crippen LogP contribution in [0.15, 0.2) is 45.0 Å². The normalized spacial score (nSPS) is 11.3. The first-order chi connectivity index (χ1) is 12.5. The molecule has 0 spiro atoms. The lowest BCUT2D eigenvalue weighted by Crippen LogP contribution is -2.06. The Bertz CT molecular complexity index is 1160. The lowest BCUT2D eigenvalue weighted by Gasteiger charge is -2.00. The quantitative estimate of drug-likeness (QED) is 0.557. The highest BCUT2D eigenvalue weighted by molar-refractivity contribution is 7.98. The number of nitrogens with one attached hydrogen (secondary N) is 1. The Balaban J connectivity index is 1.60. The summed E-state index contributed by atoms with van der Waals surface area (Å²) in [6, 6.07) is 8.06. The van der Waals surface area contributed by atoms with Crippen molar-refractivity contribution in [1.82, 2.24) is 24.5 Å². The number of H-pyrrole nitrogens is 1. The van der Waals surface area contributed by atoms with Crippen LogP contribution in [0.4, 0.5) is 0 Å². The molecule has 0 atom stereocenters. The minimum Gasteiger partial charge on any atom is -0.441 e. The van der Waals surface area contributed by atoms with Crippen molar-refractivity contribution in [1.29, 1.82) is 0 Å². The van der Waals surface area contributed by atoms with Crippen molar-refractivity contribution in [2.24, 2.45) is 7.05 Å². The van der Waals surface area contributed by atoms with Crippen molar-refractivity contribution in [3.05, 3.63) is 58.0 Å². The van der Waals surface area contributed by atoms with E-state index in [9.17, 15) is 4.79 Å². The molecule has 0 unspecified atom stereocenters. The SMILES string of the molecule is Cc1cccc(-c2nc(CSc3nc4c(=O)[nH]cnc4n3C)c(C)o2)c1. The first kappa shape index (κ1) is 16.6. The van der Waals surface area contributed by atoms with Crippen molar-refractivity contribution in [3.8, 4) is 11.5 Å². The van der Waals surface area contributed by atoms with Crippen LogP contribution < -0.4 is 5.56 Å². The fourth-order valence-corrected chi connectivity index (χ4v) is 3.69. The van der Waals surface area contributed by atoms with Crippen LogP contribution in [0.1, 0.15) is 17.0 Å². The van der Waals surface area contributed by atoms with Gasteiger partial charge in [0.2, 0.25) is 5.89 Å². The first-order valence-electron chi connectivity index (χ1n) is 8.09. The Kier molecular flexibility index (Phi) is 4.12. The zero-order chi connectivity index (χ0) is 18.3. The second kappa shape index (κ2) is 6.45. The maximum absolute atomic E-state index is 11.9. The van der Waals surface area contributed by atoms with Crippen molar-refractivity contribution >= 4 is 22.9 Å². The number of imidazole rings is 1. The standard InChI is InChI=1S/C18H17N5O2S/c1-10-5-4-6-12(7-10)17-21-13(11(2)25-17)8-26-18-22-14-15(23(18)3)19-9-20-16(14)24/h4-7,9H,8H2,1-3H3,(H,19,20,24). The van der Waals surface area contributed by atoms with Crippen LogP contribution >= 0.6 is 11.8 Å². The third-order valence-corrected chi connectivity index (χ3v) is 5.16. The number of aryl methyl sites for hydroxylation is 3. The van der Waals surface area contributed by atoms with Gasteiger partial charge in [-0.15, -0.1) is 0 Å². The molecule has 0 aliphatic rings. The Morgan fingerprint density at radius 3 is 2.88 bits per heavy atom. The fraction of sp³-hybridized carbons (Fsp3) is 0.222. The van der Waals surface area contributed by atoms with Crippen molar-refractivity contribution in [2.75, 3.05) is 0 Å². The average molecular weight is 367 g/mol. The average Bonchev–Trinajstić information content (AvgIpc) is 3.15. The highest BCUT2D eigenvalue weighted by Crippen LogP contribution is 2.28. The molecule has 7 nitrogen and oxygen atoms in total. The Labute approximate surface area is 153 Å². The van der Waals surface area contributed by atoms with E-state index in [-0.39, 0.29) is 5.56 Å². The number of aromatic amines is 1. The number of hydrogen-bond donors (Lipinski definition) is 1. The molecule has 0 saturated carbocycles. The van der Waals surface area contributed by atoms with E-state index in [0.717, 1.165) is 22.6 Å². The largest absolute Gasteiger partial charge is 0.441 e. The van der Waals surface area contributed by atoms with Gasteiger partial charge >= 0.3 is 0 Å². The molecular weight excluding hydrogens is 350 g/mol. The Morgan fingerprint density at radius 2 is 2.12 bits per heavy atom. The maximum Gasteiger partial charge on any atom is 0.278 e. The molecule has 132 valence electrons. The van der Waals surface area contributed by atoms with E-state index >= 15 is 0 Å². The van der Waals surface area contributed by atoms with Gasteiger partial charge in [0.1, 0.15) is 5.76 Å².